The van der Waals surface area contributed by atoms with Gasteiger partial charge in [-0.15, -0.1) is 0 Å². The molecule has 0 aromatic heterocycles. The fraction of sp³-hybridized carbons (Fsp3) is 0.462. The molecule has 0 aliphatic carbocycles. The first kappa shape index (κ1) is 21.6. The largest absolute Gasteiger partial charge is 0.491 e. The Morgan fingerprint density at radius 1 is 1.00 bits per heavy atom. The molecule has 1 unspecified atom stereocenters. The summed E-state index contributed by atoms with van der Waals surface area (Å²) in [6, 6.07) is 11.6. The Hall–Kier alpha value is -3.22. The smallest absolute Gasteiger partial charge is 0.245 e. The van der Waals surface area contributed by atoms with Gasteiger partial charge < -0.3 is 24.4 Å². The molecule has 3 aliphatic rings. The third-order valence-electron chi connectivity index (χ3n) is 6.78. The summed E-state index contributed by atoms with van der Waals surface area (Å²) in [6.45, 7) is 3.68. The van der Waals surface area contributed by atoms with Crippen LogP contribution in [-0.2, 0) is 15.0 Å². The first-order valence-corrected chi connectivity index (χ1v) is 11.9. The number of hydrogen-bond acceptors (Lipinski definition) is 5. The van der Waals surface area contributed by atoms with Gasteiger partial charge in [-0.05, 0) is 30.5 Å². The molecule has 1 N–H and O–H groups in total. The summed E-state index contributed by atoms with van der Waals surface area (Å²) in [7, 11) is 0. The highest BCUT2D eigenvalue weighted by Crippen LogP contribution is 2.54. The molecule has 0 radical (unpaired) electrons. The van der Waals surface area contributed by atoms with Gasteiger partial charge in [0.05, 0.1) is 0 Å². The van der Waals surface area contributed by atoms with Crippen molar-refractivity contribution in [2.24, 2.45) is 0 Å². The van der Waals surface area contributed by atoms with Crippen molar-refractivity contribution >= 4 is 17.5 Å². The van der Waals surface area contributed by atoms with Gasteiger partial charge in [0.15, 0.2) is 11.5 Å². The monoisotopic (exact) mass is 450 g/mol. The molecule has 5 rings (SSSR count). The second-order valence-electron chi connectivity index (χ2n) is 8.88. The molecule has 2 aromatic rings. The van der Waals surface area contributed by atoms with Crippen molar-refractivity contribution < 1.29 is 23.8 Å². The first-order valence-electron chi connectivity index (χ1n) is 11.9. The van der Waals surface area contributed by atoms with Gasteiger partial charge in [-0.2, -0.15) is 0 Å². The lowest BCUT2D eigenvalue weighted by atomic mass is 9.77. The number of fused-ring (bicyclic) bond motifs is 5. The molecule has 0 bridgehead atoms. The number of unbranched alkanes of at least 4 members (excludes halogenated alkanes) is 3. The fourth-order valence-corrected chi connectivity index (χ4v) is 5.05. The molecule has 0 saturated carbocycles. The Bertz CT molecular complexity index is 1070. The molecule has 7 heteroatoms. The van der Waals surface area contributed by atoms with Crippen LogP contribution < -0.4 is 24.4 Å². The van der Waals surface area contributed by atoms with Gasteiger partial charge in [0.2, 0.25) is 18.6 Å². The summed E-state index contributed by atoms with van der Waals surface area (Å²) in [6.07, 6.45) is 5.60. The zero-order chi connectivity index (χ0) is 22.8. The Balaban J connectivity index is 1.29. The molecule has 0 fully saturated rings. The van der Waals surface area contributed by atoms with E-state index in [0.717, 1.165) is 36.1 Å². The van der Waals surface area contributed by atoms with E-state index in [-0.39, 0.29) is 25.2 Å². The number of carbonyl (C=O) groups is 2. The molecule has 7 nitrogen and oxygen atoms in total. The number of nitrogens with one attached hydrogen (secondary N) is 1. The second-order valence-corrected chi connectivity index (χ2v) is 8.88. The summed E-state index contributed by atoms with van der Waals surface area (Å²) in [5.41, 5.74) is 1.80. The van der Waals surface area contributed by atoms with Gasteiger partial charge in [0.1, 0.15) is 17.8 Å². The zero-order valence-corrected chi connectivity index (χ0v) is 19.0. The van der Waals surface area contributed by atoms with Crippen molar-refractivity contribution in [2.45, 2.75) is 50.9 Å². The molecule has 33 heavy (non-hydrogen) atoms. The van der Waals surface area contributed by atoms with Crippen molar-refractivity contribution in [2.75, 3.05) is 31.4 Å². The average molecular weight is 451 g/mol. The van der Waals surface area contributed by atoms with E-state index in [1.165, 1.54) is 6.42 Å². The molecule has 174 valence electrons. The first-order chi connectivity index (χ1) is 16.1. The highest BCUT2D eigenvalue weighted by Gasteiger charge is 2.57. The highest BCUT2D eigenvalue weighted by atomic mass is 16.7. The van der Waals surface area contributed by atoms with E-state index < -0.39 is 5.41 Å². The summed E-state index contributed by atoms with van der Waals surface area (Å²) in [4.78, 5) is 27.8. The minimum absolute atomic E-state index is 0.00667. The van der Waals surface area contributed by atoms with Crippen molar-refractivity contribution in [3.8, 4) is 17.2 Å². The normalized spacial score (nSPS) is 19.5. The number of amides is 2. The van der Waals surface area contributed by atoms with E-state index in [4.69, 9.17) is 14.2 Å². The van der Waals surface area contributed by atoms with Crippen molar-refractivity contribution in [1.29, 1.82) is 0 Å². The molecule has 2 aromatic carbocycles. The quantitative estimate of drug-likeness (QED) is 0.586. The Labute approximate surface area is 194 Å². The van der Waals surface area contributed by atoms with E-state index in [0.29, 0.717) is 43.2 Å². The van der Waals surface area contributed by atoms with Gasteiger partial charge >= 0.3 is 0 Å². The Morgan fingerprint density at radius 2 is 1.82 bits per heavy atom. The molecule has 1 spiro atoms. The highest BCUT2D eigenvalue weighted by molar-refractivity contribution is 6.11. The second kappa shape index (κ2) is 8.96. The number of para-hydroxylation sites is 1. The number of benzene rings is 2. The molecule has 2 amide bonds. The van der Waals surface area contributed by atoms with Crippen LogP contribution in [0.15, 0.2) is 36.4 Å². The van der Waals surface area contributed by atoms with Crippen LogP contribution in [0.25, 0.3) is 0 Å². The predicted octanol–water partition coefficient (Wildman–Crippen LogP) is 3.92. The summed E-state index contributed by atoms with van der Waals surface area (Å²) >= 11 is 0. The molecular weight excluding hydrogens is 420 g/mol. The maximum Gasteiger partial charge on any atom is 0.245 e. The number of hydrogen-bond donors (Lipinski definition) is 1. The average Bonchev–Trinajstić information content (AvgIpc) is 3.50. The topological polar surface area (TPSA) is 77.1 Å². The minimum Gasteiger partial charge on any atom is -0.491 e. The van der Waals surface area contributed by atoms with Gasteiger partial charge in [-0.25, -0.2) is 0 Å². The Morgan fingerprint density at radius 3 is 2.67 bits per heavy atom. The fourth-order valence-electron chi connectivity index (χ4n) is 5.05. The lowest BCUT2D eigenvalue weighted by Gasteiger charge is -2.23. The number of ether oxygens (including phenoxy) is 3. The molecule has 3 aliphatic heterocycles. The Kier molecular flexibility index (Phi) is 5.87. The number of rotatable bonds is 9. The molecule has 0 saturated heterocycles. The lowest BCUT2D eigenvalue weighted by Crippen LogP contribution is -2.43. The van der Waals surface area contributed by atoms with Crippen LogP contribution in [0.2, 0.25) is 0 Å². The molecule has 1 atom stereocenters. The molecular formula is C26H30N2O5. The van der Waals surface area contributed by atoms with Crippen molar-refractivity contribution in [1.82, 2.24) is 5.32 Å². The van der Waals surface area contributed by atoms with Crippen LogP contribution in [0.5, 0.6) is 17.2 Å². The third kappa shape index (κ3) is 3.69. The van der Waals surface area contributed by atoms with E-state index in [1.54, 1.807) is 0 Å². The van der Waals surface area contributed by atoms with Crippen LogP contribution in [0.4, 0.5) is 5.69 Å². The van der Waals surface area contributed by atoms with Gasteiger partial charge in [0.25, 0.3) is 0 Å². The number of anilines is 1. The standard InChI is InChI=1S/C26H30N2O5/c1-2-3-4-5-11-24(29)27-12-8-13-28-20-10-7-6-9-18(20)26(25(28)30)16-31-21-15-23-22(14-19(21)26)32-17-33-23/h6-7,9-10,14-15H,2-5,8,11-13,16-17H2,1H3,(H,27,29). The van der Waals surface area contributed by atoms with Crippen LogP contribution in [0.3, 0.4) is 0 Å². The zero-order valence-electron chi connectivity index (χ0n) is 19.0. The predicted molar refractivity (Wildman–Crippen MR) is 124 cm³/mol. The van der Waals surface area contributed by atoms with Gasteiger partial charge in [-0.3, -0.25) is 9.59 Å². The van der Waals surface area contributed by atoms with Gasteiger partial charge in [0, 0.05) is 36.8 Å². The number of nitrogens with zero attached hydrogens (tertiary/aromatic N) is 1. The van der Waals surface area contributed by atoms with Crippen molar-refractivity contribution in [3.63, 3.8) is 0 Å². The number of carbonyl (C=O) groups excluding carboxylic acids is 2. The van der Waals surface area contributed by atoms with Gasteiger partial charge in [-0.1, -0.05) is 44.4 Å². The summed E-state index contributed by atoms with van der Waals surface area (Å²) in [5.74, 6) is 2.05. The molecule has 3 heterocycles. The van der Waals surface area contributed by atoms with E-state index in [9.17, 15) is 9.59 Å². The lowest BCUT2D eigenvalue weighted by molar-refractivity contribution is -0.122. The minimum atomic E-state index is -0.880. The van der Waals surface area contributed by atoms with Crippen LogP contribution in [0.1, 0.15) is 56.6 Å². The third-order valence-corrected chi connectivity index (χ3v) is 6.78. The van der Waals surface area contributed by atoms with Crippen LogP contribution in [-0.4, -0.2) is 38.3 Å². The SMILES string of the molecule is CCCCCCC(=O)NCCCN1C(=O)C2(COc3cc4c(cc32)OCO4)c2ccccc21. The summed E-state index contributed by atoms with van der Waals surface area (Å²) in [5, 5.41) is 3.00. The van der Waals surface area contributed by atoms with E-state index >= 15 is 0 Å². The maximum absolute atomic E-state index is 13.9. The van der Waals surface area contributed by atoms with E-state index in [1.807, 2.05) is 41.3 Å². The summed E-state index contributed by atoms with van der Waals surface area (Å²) < 4.78 is 17.1. The van der Waals surface area contributed by atoms with Crippen LogP contribution in [0, 0.1) is 0 Å². The van der Waals surface area contributed by atoms with Crippen molar-refractivity contribution in [3.05, 3.63) is 47.5 Å². The maximum atomic E-state index is 13.9. The van der Waals surface area contributed by atoms with Crippen LogP contribution >= 0.6 is 0 Å². The van der Waals surface area contributed by atoms with E-state index in [2.05, 4.69) is 12.2 Å².